The van der Waals surface area contributed by atoms with Gasteiger partial charge >= 0.3 is 6.03 Å². The third kappa shape index (κ3) is 4.39. The highest BCUT2D eigenvalue weighted by Gasteiger charge is 2.43. The van der Waals surface area contributed by atoms with E-state index < -0.39 is 19.4 Å². The van der Waals surface area contributed by atoms with E-state index in [1.165, 1.54) is 0 Å². The Balaban J connectivity index is 1.29. The number of aryl methyl sites for hydroxylation is 1. The summed E-state index contributed by atoms with van der Waals surface area (Å²) in [6, 6.07) is 3.02. The van der Waals surface area contributed by atoms with Crippen molar-refractivity contribution in [3.63, 3.8) is 0 Å². The molecule has 2 bridgehead atoms. The van der Waals surface area contributed by atoms with Crippen molar-refractivity contribution in [1.29, 1.82) is 0 Å². The summed E-state index contributed by atoms with van der Waals surface area (Å²) in [5.74, 6) is 0.465. The lowest BCUT2D eigenvalue weighted by Crippen LogP contribution is -2.54. The van der Waals surface area contributed by atoms with Crippen molar-refractivity contribution >= 4 is 22.8 Å². The third-order valence-electron chi connectivity index (χ3n) is 6.65. The monoisotopic (exact) mass is 455 g/mol. The van der Waals surface area contributed by atoms with E-state index in [-0.39, 0.29) is 24.2 Å². The van der Waals surface area contributed by atoms with Gasteiger partial charge in [0.15, 0.2) is 0 Å². The number of halogens is 2. The average Bonchev–Trinajstić information content (AvgIpc) is 3.37. The van der Waals surface area contributed by atoms with E-state index in [9.17, 15) is 13.6 Å². The van der Waals surface area contributed by atoms with Crippen molar-refractivity contribution in [2.75, 3.05) is 18.7 Å². The number of urea groups is 1. The number of alkyl halides is 2. The van der Waals surface area contributed by atoms with E-state index >= 15 is 0 Å². The number of pyridine rings is 2. The maximum Gasteiger partial charge on any atom is 0.323 e. The van der Waals surface area contributed by atoms with Gasteiger partial charge in [0.1, 0.15) is 19.2 Å². The van der Waals surface area contributed by atoms with Crippen LogP contribution in [-0.4, -0.2) is 68.2 Å². The van der Waals surface area contributed by atoms with Crippen LogP contribution in [0.15, 0.2) is 36.9 Å². The van der Waals surface area contributed by atoms with Gasteiger partial charge in [-0.2, -0.15) is 5.10 Å². The number of hydrogen-bond acceptors (Lipinski definition) is 5. The van der Waals surface area contributed by atoms with E-state index in [1.54, 1.807) is 23.3 Å². The molecule has 2 aliphatic rings. The summed E-state index contributed by atoms with van der Waals surface area (Å²) in [6.07, 6.45) is 10.3. The Morgan fingerprint density at radius 3 is 2.52 bits per heavy atom. The fourth-order valence-electron chi connectivity index (χ4n) is 5.11. The van der Waals surface area contributed by atoms with Gasteiger partial charge in [-0.3, -0.25) is 15.0 Å². The van der Waals surface area contributed by atoms with Crippen molar-refractivity contribution in [2.24, 2.45) is 7.05 Å². The molecule has 0 radical (unpaired) electrons. The Hall–Kier alpha value is -3.14. The van der Waals surface area contributed by atoms with E-state index in [0.29, 0.717) is 18.7 Å². The minimum Gasteiger partial charge on any atom is -0.318 e. The summed E-state index contributed by atoms with van der Waals surface area (Å²) in [4.78, 5) is 23.8. The maximum absolute atomic E-state index is 13.1. The third-order valence-corrected chi connectivity index (χ3v) is 6.65. The summed E-state index contributed by atoms with van der Waals surface area (Å²) in [5, 5.41) is 11.1. The number of carbonyl (C=O) groups is 1. The number of anilines is 1. The second-order valence-electron chi connectivity index (χ2n) is 8.95. The molecule has 174 valence electrons. The Labute approximate surface area is 190 Å². The molecule has 3 atom stereocenters. The van der Waals surface area contributed by atoms with Crippen LogP contribution in [0.3, 0.4) is 0 Å². The Bertz CT molecular complexity index is 1130. The topological polar surface area (TPSA) is 88.0 Å². The lowest BCUT2D eigenvalue weighted by molar-refractivity contribution is 0.133. The fraction of sp³-hybridized carbons (Fsp3) is 0.478. The molecule has 0 aliphatic carbocycles. The van der Waals surface area contributed by atoms with E-state index in [4.69, 9.17) is 0 Å². The molecule has 0 unspecified atom stereocenters. The second kappa shape index (κ2) is 9.01. The summed E-state index contributed by atoms with van der Waals surface area (Å²) < 4.78 is 27.6. The largest absolute Gasteiger partial charge is 0.323 e. The molecule has 3 aromatic rings. The molecule has 3 aromatic heterocycles. The fourth-order valence-corrected chi connectivity index (χ4v) is 5.11. The van der Waals surface area contributed by atoms with Gasteiger partial charge < -0.3 is 10.2 Å². The van der Waals surface area contributed by atoms with Gasteiger partial charge in [0.2, 0.25) is 0 Å². The van der Waals surface area contributed by atoms with E-state index in [0.717, 1.165) is 34.9 Å². The average molecular weight is 456 g/mol. The minimum atomic E-state index is -0.762. The van der Waals surface area contributed by atoms with Crippen LogP contribution in [0.25, 0.3) is 22.0 Å². The molecule has 2 fully saturated rings. The first-order valence-corrected chi connectivity index (χ1v) is 11.3. The second-order valence-corrected chi connectivity index (χ2v) is 8.95. The van der Waals surface area contributed by atoms with Crippen LogP contribution in [0, 0.1) is 0 Å². The molecule has 33 heavy (non-hydrogen) atoms. The van der Waals surface area contributed by atoms with Gasteiger partial charge in [0.05, 0.1) is 24.0 Å². The lowest BCUT2D eigenvalue weighted by atomic mass is 9.97. The van der Waals surface area contributed by atoms with Gasteiger partial charge in [-0.1, -0.05) is 0 Å². The highest BCUT2D eigenvalue weighted by Crippen LogP contribution is 2.36. The number of hydrogen-bond donors (Lipinski definition) is 2. The number of nitrogens with zero attached hydrogens (tertiary/aromatic N) is 5. The molecule has 0 saturated carbocycles. The molecule has 0 aromatic carbocycles. The smallest absolute Gasteiger partial charge is 0.318 e. The Morgan fingerprint density at radius 2 is 1.85 bits per heavy atom. The molecule has 5 heterocycles. The number of aromatic nitrogens is 4. The van der Waals surface area contributed by atoms with E-state index in [2.05, 4.69) is 25.7 Å². The predicted octanol–water partition coefficient (Wildman–Crippen LogP) is 3.45. The van der Waals surface area contributed by atoms with Crippen LogP contribution in [0.2, 0.25) is 0 Å². The number of carbonyl (C=O) groups excluding carboxylic acids is 1. The first kappa shape index (κ1) is 21.7. The molecule has 10 heteroatoms. The molecular weight excluding hydrogens is 428 g/mol. The van der Waals surface area contributed by atoms with Crippen LogP contribution in [0.5, 0.6) is 0 Å². The van der Waals surface area contributed by atoms with Crippen LogP contribution in [0.4, 0.5) is 19.4 Å². The normalized spacial score (nSPS) is 22.3. The van der Waals surface area contributed by atoms with Crippen LogP contribution in [-0.2, 0) is 7.05 Å². The standard InChI is InChI=1S/C23H27F2N7O/c1-31-13-16(11-28-31)15-4-14-5-22(27-12-21(14)26-10-15)30-23(33)32-19-2-3-20(32)7-17(6-19)29-18(8-24)9-25/h4-5,10-13,17-20,29H,2-3,6-9H2,1H3,(H,27,30,33)/t17-,19+,20-. The number of nitrogens with one attached hydrogen (secondary N) is 2. The summed E-state index contributed by atoms with van der Waals surface area (Å²) in [7, 11) is 1.86. The predicted molar refractivity (Wildman–Crippen MR) is 121 cm³/mol. The Kier molecular flexibility index (Phi) is 5.92. The SMILES string of the molecule is Cn1cc(-c2cnc3cnc(NC(=O)N4[C@@H]5CC[C@H]4C[C@@H](NC(CF)CF)C5)cc3c2)cn1. The van der Waals surface area contributed by atoms with Gasteiger partial charge in [-0.15, -0.1) is 0 Å². The highest BCUT2D eigenvalue weighted by molar-refractivity contribution is 5.92. The molecule has 2 saturated heterocycles. The molecule has 0 spiro atoms. The maximum atomic E-state index is 13.1. The number of piperidine rings is 1. The zero-order chi connectivity index (χ0) is 22.9. The van der Waals surface area contributed by atoms with Crippen molar-refractivity contribution in [3.8, 4) is 11.1 Å². The van der Waals surface area contributed by atoms with E-state index in [1.807, 2.05) is 30.3 Å². The highest BCUT2D eigenvalue weighted by atomic mass is 19.1. The first-order chi connectivity index (χ1) is 16.0. The summed E-state index contributed by atoms with van der Waals surface area (Å²) >= 11 is 0. The van der Waals surface area contributed by atoms with Crippen molar-refractivity contribution < 1.29 is 13.6 Å². The first-order valence-electron chi connectivity index (χ1n) is 11.3. The lowest BCUT2D eigenvalue weighted by Gasteiger charge is -2.39. The van der Waals surface area contributed by atoms with Crippen molar-refractivity contribution in [1.82, 2.24) is 30.0 Å². The molecule has 5 rings (SSSR count). The van der Waals surface area contributed by atoms with Gasteiger partial charge in [0, 0.05) is 54.1 Å². The van der Waals surface area contributed by atoms with Crippen LogP contribution < -0.4 is 10.6 Å². The van der Waals surface area contributed by atoms with Gasteiger partial charge in [-0.05, 0) is 37.8 Å². The Morgan fingerprint density at radius 1 is 1.09 bits per heavy atom. The number of amides is 2. The van der Waals surface area contributed by atoms with Crippen molar-refractivity contribution in [2.45, 2.75) is 49.9 Å². The van der Waals surface area contributed by atoms with Crippen LogP contribution in [0.1, 0.15) is 25.7 Å². The number of fused-ring (bicyclic) bond motifs is 3. The number of rotatable bonds is 6. The molecule has 2 N–H and O–H groups in total. The molecular formula is C23H27F2N7O. The van der Waals surface area contributed by atoms with Crippen LogP contribution >= 0.6 is 0 Å². The van der Waals surface area contributed by atoms with Gasteiger partial charge in [0.25, 0.3) is 0 Å². The zero-order valence-corrected chi connectivity index (χ0v) is 18.4. The minimum absolute atomic E-state index is 0.0267. The van der Waals surface area contributed by atoms with Gasteiger partial charge in [-0.25, -0.2) is 18.6 Å². The molecule has 8 nitrogen and oxygen atoms in total. The van der Waals surface area contributed by atoms with Crippen molar-refractivity contribution in [3.05, 3.63) is 36.9 Å². The molecule has 2 amide bonds. The summed E-state index contributed by atoms with van der Waals surface area (Å²) in [6.45, 7) is -1.45. The quantitative estimate of drug-likeness (QED) is 0.595. The molecule has 2 aliphatic heterocycles. The zero-order valence-electron chi connectivity index (χ0n) is 18.4. The summed E-state index contributed by atoms with van der Waals surface area (Å²) in [5.41, 5.74) is 2.64.